The van der Waals surface area contributed by atoms with E-state index in [4.69, 9.17) is 14.7 Å². The van der Waals surface area contributed by atoms with Crippen LogP contribution in [0.2, 0.25) is 0 Å². The summed E-state index contributed by atoms with van der Waals surface area (Å²) in [6.45, 7) is 13.9. The number of hydrogen-bond donors (Lipinski definition) is 0. The normalized spacial score (nSPS) is 16.8. The van der Waals surface area contributed by atoms with Gasteiger partial charge in [0.1, 0.15) is 23.5 Å². The third kappa shape index (κ3) is 3.79. The molecule has 4 aromatic rings. The minimum atomic E-state index is 0.334. The maximum Gasteiger partial charge on any atom is 0.189 e. The molecule has 1 unspecified atom stereocenters. The molecule has 1 aromatic carbocycles. The van der Waals surface area contributed by atoms with Gasteiger partial charge in [-0.05, 0) is 66.2 Å². The summed E-state index contributed by atoms with van der Waals surface area (Å²) in [6, 6.07) is 6.39. The molecule has 0 fully saturated rings. The Morgan fingerprint density at radius 1 is 1.25 bits per heavy atom. The lowest BCUT2D eigenvalue weighted by molar-refractivity contribution is 0.218. The number of hydrogen-bond acceptors (Lipinski definition) is 5. The zero-order valence-electron chi connectivity index (χ0n) is 19.9. The quantitative estimate of drug-likeness (QED) is 0.357. The molecule has 168 valence electrons. The highest BCUT2D eigenvalue weighted by Gasteiger charge is 2.31. The number of ether oxygens (including phenoxy) is 1. The van der Waals surface area contributed by atoms with Gasteiger partial charge in [0, 0.05) is 4.88 Å². The third-order valence-corrected chi connectivity index (χ3v) is 7.96. The van der Waals surface area contributed by atoms with Gasteiger partial charge in [-0.25, -0.2) is 14.5 Å². The summed E-state index contributed by atoms with van der Waals surface area (Å²) >= 11 is 1.84. The average Bonchev–Trinajstić information content (AvgIpc) is 3.31. The number of rotatable bonds is 4. The summed E-state index contributed by atoms with van der Waals surface area (Å²) in [5.41, 5.74) is 5.08. The minimum Gasteiger partial charge on any atom is -0.485 e. The van der Waals surface area contributed by atoms with Crippen LogP contribution in [0.1, 0.15) is 74.3 Å². The van der Waals surface area contributed by atoms with Crippen molar-refractivity contribution in [2.45, 2.75) is 73.3 Å². The van der Waals surface area contributed by atoms with Crippen LogP contribution in [0.25, 0.3) is 15.9 Å². The summed E-state index contributed by atoms with van der Waals surface area (Å²) in [5.74, 6) is 2.73. The van der Waals surface area contributed by atoms with E-state index in [0.717, 1.165) is 29.1 Å². The van der Waals surface area contributed by atoms with Crippen molar-refractivity contribution in [3.8, 4) is 5.75 Å². The summed E-state index contributed by atoms with van der Waals surface area (Å²) in [7, 11) is 0. The van der Waals surface area contributed by atoms with Crippen LogP contribution in [0.5, 0.6) is 5.75 Å². The molecule has 5 nitrogen and oxygen atoms in total. The summed E-state index contributed by atoms with van der Waals surface area (Å²) in [4.78, 5) is 12.2. The number of fused-ring (bicyclic) bond motifs is 5. The predicted octanol–water partition coefficient (Wildman–Crippen LogP) is 6.50. The fraction of sp³-hybridized carbons (Fsp3) is 0.500. The van der Waals surface area contributed by atoms with Crippen molar-refractivity contribution in [1.82, 2.24) is 19.6 Å². The van der Waals surface area contributed by atoms with Gasteiger partial charge in [-0.2, -0.15) is 0 Å². The molecule has 0 radical (unpaired) electrons. The Kier molecular flexibility index (Phi) is 5.24. The van der Waals surface area contributed by atoms with E-state index in [1.807, 2.05) is 15.9 Å². The first-order chi connectivity index (χ1) is 15.2. The minimum absolute atomic E-state index is 0.334. The van der Waals surface area contributed by atoms with E-state index in [1.165, 1.54) is 33.4 Å². The summed E-state index contributed by atoms with van der Waals surface area (Å²) in [6.07, 6.45) is 5.25. The van der Waals surface area contributed by atoms with E-state index in [-0.39, 0.29) is 0 Å². The molecule has 0 amide bonds. The van der Waals surface area contributed by atoms with Crippen molar-refractivity contribution >= 4 is 27.2 Å². The Labute approximate surface area is 193 Å². The first-order valence-electron chi connectivity index (χ1n) is 11.6. The van der Waals surface area contributed by atoms with E-state index in [2.05, 4.69) is 64.8 Å². The van der Waals surface area contributed by atoms with E-state index in [0.29, 0.717) is 29.7 Å². The molecule has 32 heavy (non-hydrogen) atoms. The summed E-state index contributed by atoms with van der Waals surface area (Å²) in [5, 5.41) is 5.87. The second-order valence-electron chi connectivity index (χ2n) is 10.5. The van der Waals surface area contributed by atoms with Gasteiger partial charge in [0.05, 0.1) is 5.39 Å². The van der Waals surface area contributed by atoms with Crippen LogP contribution in [-0.4, -0.2) is 19.6 Å². The van der Waals surface area contributed by atoms with Crippen molar-refractivity contribution in [1.29, 1.82) is 0 Å². The fourth-order valence-electron chi connectivity index (χ4n) is 4.80. The molecule has 0 N–H and O–H groups in total. The Hall–Kier alpha value is -2.47. The number of benzene rings is 1. The molecule has 0 bridgehead atoms. The smallest absolute Gasteiger partial charge is 0.189 e. The van der Waals surface area contributed by atoms with Crippen molar-refractivity contribution in [2.24, 2.45) is 11.3 Å². The monoisotopic (exact) mass is 448 g/mol. The number of thiophene rings is 1. The molecular weight excluding hydrogens is 416 g/mol. The maximum atomic E-state index is 6.20. The van der Waals surface area contributed by atoms with Crippen LogP contribution in [0, 0.1) is 18.3 Å². The predicted molar refractivity (Wildman–Crippen MR) is 131 cm³/mol. The molecule has 1 aliphatic rings. The highest BCUT2D eigenvalue weighted by molar-refractivity contribution is 7.19. The van der Waals surface area contributed by atoms with Gasteiger partial charge < -0.3 is 4.74 Å². The average molecular weight is 449 g/mol. The molecule has 6 heteroatoms. The summed E-state index contributed by atoms with van der Waals surface area (Å²) < 4.78 is 8.02. The molecule has 3 aromatic heterocycles. The van der Waals surface area contributed by atoms with Gasteiger partial charge in [0.25, 0.3) is 0 Å². The fourth-order valence-corrected chi connectivity index (χ4v) is 6.07. The van der Waals surface area contributed by atoms with Crippen LogP contribution < -0.4 is 4.74 Å². The van der Waals surface area contributed by atoms with Crippen molar-refractivity contribution in [3.63, 3.8) is 0 Å². The van der Waals surface area contributed by atoms with Gasteiger partial charge >= 0.3 is 0 Å². The van der Waals surface area contributed by atoms with Gasteiger partial charge in [0.2, 0.25) is 0 Å². The Balaban J connectivity index is 1.47. The number of aryl methyl sites for hydroxylation is 2. The number of nitrogens with zero attached hydrogens (tertiary/aromatic N) is 4. The zero-order valence-corrected chi connectivity index (χ0v) is 20.7. The van der Waals surface area contributed by atoms with E-state index in [9.17, 15) is 0 Å². The Morgan fingerprint density at radius 3 is 2.81 bits per heavy atom. The molecule has 1 aliphatic carbocycles. The van der Waals surface area contributed by atoms with Crippen LogP contribution in [0.15, 0.2) is 24.5 Å². The molecule has 3 heterocycles. The third-order valence-electron chi connectivity index (χ3n) is 6.80. The van der Waals surface area contributed by atoms with Crippen LogP contribution in [0.4, 0.5) is 0 Å². The second kappa shape index (κ2) is 7.84. The van der Waals surface area contributed by atoms with Gasteiger partial charge in [-0.3, -0.25) is 0 Å². The molecule has 0 saturated heterocycles. The molecule has 0 saturated carbocycles. The van der Waals surface area contributed by atoms with Crippen molar-refractivity contribution in [3.05, 3.63) is 51.9 Å². The first-order valence-corrected chi connectivity index (χ1v) is 12.4. The molecule has 0 spiro atoms. The van der Waals surface area contributed by atoms with Crippen molar-refractivity contribution < 1.29 is 4.74 Å². The van der Waals surface area contributed by atoms with Gasteiger partial charge in [-0.15, -0.1) is 16.4 Å². The number of aromatic nitrogens is 4. The topological polar surface area (TPSA) is 52.3 Å². The standard InChI is InChI=1S/C26H32N4OS/c1-15(2)18-9-7-16(3)11-20(18)31-13-22-28-24-23-19-10-8-17(26(4,5)6)12-21(19)32-25(23)27-14-30(24)29-22/h7,9,11,14-15,17H,8,10,12-13H2,1-6H3. The van der Waals surface area contributed by atoms with E-state index >= 15 is 0 Å². The van der Waals surface area contributed by atoms with Gasteiger partial charge in [-0.1, -0.05) is 46.8 Å². The first kappa shape index (κ1) is 21.4. The Bertz CT molecular complexity index is 1290. The highest BCUT2D eigenvalue weighted by atomic mass is 32.1. The van der Waals surface area contributed by atoms with Crippen LogP contribution >= 0.6 is 11.3 Å². The molecule has 1 atom stereocenters. The second-order valence-corrected chi connectivity index (χ2v) is 11.6. The lowest BCUT2D eigenvalue weighted by Gasteiger charge is -2.33. The molecule has 5 rings (SSSR count). The van der Waals surface area contributed by atoms with E-state index in [1.54, 1.807) is 6.33 Å². The van der Waals surface area contributed by atoms with E-state index < -0.39 is 0 Å². The van der Waals surface area contributed by atoms with Crippen molar-refractivity contribution in [2.75, 3.05) is 0 Å². The zero-order chi connectivity index (χ0) is 22.6. The largest absolute Gasteiger partial charge is 0.485 e. The molecule has 0 aliphatic heterocycles. The maximum absolute atomic E-state index is 6.20. The van der Waals surface area contributed by atoms with Gasteiger partial charge in [0.15, 0.2) is 11.5 Å². The SMILES string of the molecule is Cc1ccc(C(C)C)c(OCc2nc3c4c5c(sc4ncn3n2)CC(C(C)(C)C)CC5)c1. The van der Waals surface area contributed by atoms with Crippen LogP contribution in [-0.2, 0) is 19.4 Å². The lowest BCUT2D eigenvalue weighted by atomic mass is 9.72. The highest BCUT2D eigenvalue weighted by Crippen LogP contribution is 2.43. The lowest BCUT2D eigenvalue weighted by Crippen LogP contribution is -2.26. The van der Waals surface area contributed by atoms with Crippen LogP contribution in [0.3, 0.4) is 0 Å². The Morgan fingerprint density at radius 2 is 2.06 bits per heavy atom. The molecular formula is C26H32N4OS.